The minimum Gasteiger partial charge on any atom is -0.477 e. The summed E-state index contributed by atoms with van der Waals surface area (Å²) in [7, 11) is 2.05. The molecule has 0 saturated heterocycles. The number of carboxylic acids is 1. The van der Waals surface area contributed by atoms with E-state index in [0.29, 0.717) is 12.6 Å². The Morgan fingerprint density at radius 2 is 2.41 bits per heavy atom. The molecule has 0 bridgehead atoms. The molecule has 6 heteroatoms. The molecule has 92 valence electrons. The first-order valence-corrected chi connectivity index (χ1v) is 5.56. The molecule has 17 heavy (non-hydrogen) atoms. The second-order valence-electron chi connectivity index (χ2n) is 4.09. The van der Waals surface area contributed by atoms with E-state index >= 15 is 0 Å². The molecule has 1 aromatic heterocycles. The van der Waals surface area contributed by atoms with E-state index < -0.39 is 5.97 Å². The van der Waals surface area contributed by atoms with Gasteiger partial charge in [0.2, 0.25) is 0 Å². The number of hydrogen-bond donors (Lipinski definition) is 1. The van der Waals surface area contributed by atoms with Gasteiger partial charge in [-0.2, -0.15) is 4.98 Å². The van der Waals surface area contributed by atoms with Crippen LogP contribution < -0.4 is 4.74 Å². The molecule has 1 fully saturated rings. The van der Waals surface area contributed by atoms with Crippen molar-refractivity contribution in [1.82, 2.24) is 14.9 Å². The first-order valence-electron chi connectivity index (χ1n) is 5.56. The normalized spacial score (nSPS) is 14.9. The quantitative estimate of drug-likeness (QED) is 0.782. The Morgan fingerprint density at radius 3 is 3.06 bits per heavy atom. The summed E-state index contributed by atoms with van der Waals surface area (Å²) in [6.45, 7) is 1.27. The Labute approximate surface area is 99.2 Å². The monoisotopic (exact) mass is 237 g/mol. The van der Waals surface area contributed by atoms with Crippen molar-refractivity contribution in [1.29, 1.82) is 0 Å². The Balaban J connectivity index is 1.81. The first kappa shape index (κ1) is 11.8. The third-order valence-corrected chi connectivity index (χ3v) is 2.70. The van der Waals surface area contributed by atoms with Crippen LogP contribution in [-0.2, 0) is 0 Å². The highest BCUT2D eigenvalue weighted by Gasteiger charge is 2.25. The molecule has 1 N–H and O–H groups in total. The fraction of sp³-hybridized carbons (Fsp3) is 0.545. The number of nitrogens with zero attached hydrogens (tertiary/aromatic N) is 3. The van der Waals surface area contributed by atoms with E-state index in [2.05, 4.69) is 21.9 Å². The number of likely N-dealkylation sites (N-methyl/N-ethyl adjacent to an activating group) is 1. The molecule has 0 unspecified atom stereocenters. The minimum absolute atomic E-state index is 0.0504. The van der Waals surface area contributed by atoms with Gasteiger partial charge in [0, 0.05) is 18.8 Å². The van der Waals surface area contributed by atoms with Gasteiger partial charge in [-0.3, -0.25) is 0 Å². The highest BCUT2D eigenvalue weighted by molar-refractivity contribution is 5.85. The maximum Gasteiger partial charge on any atom is 0.354 e. The van der Waals surface area contributed by atoms with Gasteiger partial charge in [-0.15, -0.1) is 0 Å². The van der Waals surface area contributed by atoms with Crippen molar-refractivity contribution in [2.75, 3.05) is 20.2 Å². The second-order valence-corrected chi connectivity index (χ2v) is 4.09. The number of hydrogen-bond acceptors (Lipinski definition) is 5. The van der Waals surface area contributed by atoms with Gasteiger partial charge >= 0.3 is 12.0 Å². The molecular weight excluding hydrogens is 222 g/mol. The van der Waals surface area contributed by atoms with E-state index in [9.17, 15) is 4.79 Å². The second kappa shape index (κ2) is 5.09. The topological polar surface area (TPSA) is 75.5 Å². The maximum absolute atomic E-state index is 10.7. The molecule has 6 nitrogen and oxygen atoms in total. The number of carboxylic acid groups (broad SMARTS) is 1. The molecule has 1 aliphatic carbocycles. The fourth-order valence-corrected chi connectivity index (χ4v) is 1.51. The van der Waals surface area contributed by atoms with E-state index in [-0.39, 0.29) is 11.7 Å². The van der Waals surface area contributed by atoms with E-state index in [0.717, 1.165) is 6.54 Å². The summed E-state index contributed by atoms with van der Waals surface area (Å²) in [6, 6.07) is 2.14. The van der Waals surface area contributed by atoms with Gasteiger partial charge in [-0.25, -0.2) is 9.78 Å². The summed E-state index contributed by atoms with van der Waals surface area (Å²) in [5.41, 5.74) is -0.0504. The molecular formula is C11H15N3O3. The summed E-state index contributed by atoms with van der Waals surface area (Å²) >= 11 is 0. The maximum atomic E-state index is 10.7. The van der Waals surface area contributed by atoms with E-state index in [4.69, 9.17) is 9.84 Å². The average molecular weight is 237 g/mol. The molecule has 0 aliphatic heterocycles. The van der Waals surface area contributed by atoms with Crippen LogP contribution in [0.15, 0.2) is 12.3 Å². The molecule has 2 rings (SSSR count). The standard InChI is InChI=1S/C11H15N3O3/c1-14(8-2-3-8)6-7-17-11-12-5-4-9(13-11)10(15)16/h4-5,8H,2-3,6-7H2,1H3,(H,15,16). The molecule has 0 aromatic carbocycles. The molecule has 1 saturated carbocycles. The minimum atomic E-state index is -1.08. The molecule has 1 heterocycles. The largest absolute Gasteiger partial charge is 0.477 e. The number of rotatable bonds is 6. The summed E-state index contributed by atoms with van der Waals surface area (Å²) in [5.74, 6) is -1.08. The zero-order valence-corrected chi connectivity index (χ0v) is 9.67. The average Bonchev–Trinajstić information content (AvgIpc) is 3.13. The fourth-order valence-electron chi connectivity index (χ4n) is 1.51. The predicted octanol–water partition coefficient (Wildman–Crippen LogP) is 0.648. The number of ether oxygens (including phenoxy) is 1. The van der Waals surface area contributed by atoms with Crippen molar-refractivity contribution in [3.63, 3.8) is 0 Å². The highest BCUT2D eigenvalue weighted by atomic mass is 16.5. The van der Waals surface area contributed by atoms with Crippen LogP contribution in [0.25, 0.3) is 0 Å². The van der Waals surface area contributed by atoms with Gasteiger partial charge in [0.1, 0.15) is 6.61 Å². The third kappa shape index (κ3) is 3.39. The lowest BCUT2D eigenvalue weighted by Gasteiger charge is -2.14. The molecule has 0 spiro atoms. The lowest BCUT2D eigenvalue weighted by molar-refractivity contribution is 0.0688. The van der Waals surface area contributed by atoms with Gasteiger partial charge in [0.15, 0.2) is 5.69 Å². The molecule has 1 aliphatic rings. The summed E-state index contributed by atoms with van der Waals surface area (Å²) in [4.78, 5) is 20.5. The molecule has 0 amide bonds. The Kier molecular flexibility index (Phi) is 3.53. The Hall–Kier alpha value is -1.69. The van der Waals surface area contributed by atoms with E-state index in [1.54, 1.807) is 0 Å². The van der Waals surface area contributed by atoms with Crippen LogP contribution in [0.3, 0.4) is 0 Å². The van der Waals surface area contributed by atoms with Crippen LogP contribution in [0, 0.1) is 0 Å². The summed E-state index contributed by atoms with van der Waals surface area (Å²) in [5, 5.41) is 8.75. The van der Waals surface area contributed by atoms with E-state index in [1.807, 2.05) is 0 Å². The summed E-state index contributed by atoms with van der Waals surface area (Å²) < 4.78 is 5.32. The van der Waals surface area contributed by atoms with Crippen molar-refractivity contribution in [3.8, 4) is 6.01 Å². The van der Waals surface area contributed by atoms with Gasteiger partial charge in [-0.05, 0) is 26.0 Å². The Morgan fingerprint density at radius 1 is 1.65 bits per heavy atom. The van der Waals surface area contributed by atoms with Crippen LogP contribution in [0.1, 0.15) is 23.3 Å². The highest BCUT2D eigenvalue weighted by Crippen LogP contribution is 2.24. The molecule has 0 radical (unpaired) electrons. The van der Waals surface area contributed by atoms with Gasteiger partial charge in [0.05, 0.1) is 0 Å². The van der Waals surface area contributed by atoms with Crippen LogP contribution in [0.2, 0.25) is 0 Å². The van der Waals surface area contributed by atoms with Gasteiger partial charge in [0.25, 0.3) is 0 Å². The van der Waals surface area contributed by atoms with Gasteiger partial charge < -0.3 is 14.7 Å². The van der Waals surface area contributed by atoms with E-state index in [1.165, 1.54) is 25.1 Å². The van der Waals surface area contributed by atoms with Gasteiger partial charge in [-0.1, -0.05) is 0 Å². The van der Waals surface area contributed by atoms with Crippen LogP contribution in [0.5, 0.6) is 6.01 Å². The van der Waals surface area contributed by atoms with Crippen LogP contribution in [-0.4, -0.2) is 52.2 Å². The number of aromatic carboxylic acids is 1. The molecule has 1 aromatic rings. The molecule has 0 atom stereocenters. The Bertz CT molecular complexity index is 407. The van der Waals surface area contributed by atoms with Crippen molar-refractivity contribution < 1.29 is 14.6 Å². The lowest BCUT2D eigenvalue weighted by atomic mass is 10.4. The van der Waals surface area contributed by atoms with Crippen molar-refractivity contribution in [3.05, 3.63) is 18.0 Å². The van der Waals surface area contributed by atoms with Crippen LogP contribution in [0.4, 0.5) is 0 Å². The predicted molar refractivity (Wildman–Crippen MR) is 60.1 cm³/mol. The SMILES string of the molecule is CN(CCOc1nccc(C(=O)O)n1)C1CC1. The first-order chi connectivity index (χ1) is 8.16. The third-order valence-electron chi connectivity index (χ3n) is 2.70. The summed E-state index contributed by atoms with van der Waals surface area (Å²) in [6.07, 6.45) is 3.89. The number of carbonyl (C=O) groups is 1. The van der Waals surface area contributed by atoms with Crippen molar-refractivity contribution in [2.24, 2.45) is 0 Å². The number of aromatic nitrogens is 2. The lowest BCUT2D eigenvalue weighted by Crippen LogP contribution is -2.26. The van der Waals surface area contributed by atoms with Crippen molar-refractivity contribution in [2.45, 2.75) is 18.9 Å². The zero-order chi connectivity index (χ0) is 12.3. The zero-order valence-electron chi connectivity index (χ0n) is 9.67. The van der Waals surface area contributed by atoms with Crippen molar-refractivity contribution >= 4 is 5.97 Å². The van der Waals surface area contributed by atoms with Crippen LogP contribution >= 0.6 is 0 Å². The smallest absolute Gasteiger partial charge is 0.354 e.